The lowest BCUT2D eigenvalue weighted by Crippen LogP contribution is -2.55. The Hall–Kier alpha value is -2.22. The van der Waals surface area contributed by atoms with Gasteiger partial charge in [-0.25, -0.2) is 4.31 Å². The average Bonchev–Trinajstić information content (AvgIpc) is 3.48. The molecule has 5 rings (SSSR count). The Balaban J connectivity index is 0.000000235. The third-order valence-electron chi connectivity index (χ3n) is 6.86. The largest absolute Gasteiger partial charge is 0.464 e. The van der Waals surface area contributed by atoms with E-state index >= 15 is 0 Å². The number of carbonyl (C=O) groups is 1. The van der Waals surface area contributed by atoms with E-state index < -0.39 is 69.8 Å². The van der Waals surface area contributed by atoms with Crippen LogP contribution in [0.5, 0.6) is 0 Å². The van der Waals surface area contributed by atoms with Crippen molar-refractivity contribution in [3.05, 3.63) is 91.0 Å². The van der Waals surface area contributed by atoms with Crippen LogP contribution in [0.25, 0.3) is 0 Å². The summed E-state index contributed by atoms with van der Waals surface area (Å²) in [6.45, 7) is -0.148. The Kier molecular flexibility index (Phi) is 13.4. The summed E-state index contributed by atoms with van der Waals surface area (Å²) < 4.78 is 125. The van der Waals surface area contributed by atoms with Crippen LogP contribution in [0.1, 0.15) is 6.42 Å². The molecule has 0 aliphatic carbocycles. The molecule has 0 saturated carbocycles. The van der Waals surface area contributed by atoms with Gasteiger partial charge in [0.05, 0.1) is 17.5 Å². The molecule has 5 nitrogen and oxygen atoms in total. The number of nitrogens with one attached hydrogen (secondary N) is 1. The van der Waals surface area contributed by atoms with Crippen LogP contribution in [0.4, 0.5) is 39.5 Å². The van der Waals surface area contributed by atoms with Crippen LogP contribution >= 0.6 is 35.8 Å². The SMILES string of the molecule is O=C1OCCC1N1CCN(SC(F)(F)C(F)(F)C(F)(F)SNSC(F)(F)F)CC1.c1ccc([S+](c2ccccc2)c2ccccc2)cc1. The first-order chi connectivity index (χ1) is 22.6. The number of rotatable bonds is 11. The van der Waals surface area contributed by atoms with Gasteiger partial charge in [-0.3, -0.25) is 9.69 Å². The van der Waals surface area contributed by atoms with Crippen molar-refractivity contribution in [3.8, 4) is 0 Å². The predicted molar refractivity (Wildman–Crippen MR) is 171 cm³/mol. The third kappa shape index (κ3) is 10.2. The average molecular weight is 763 g/mol. The van der Waals surface area contributed by atoms with E-state index in [1.165, 1.54) is 14.7 Å². The molecule has 262 valence electrons. The van der Waals surface area contributed by atoms with E-state index in [0.717, 1.165) is 8.43 Å². The highest BCUT2D eigenvalue weighted by atomic mass is 32.2. The summed E-state index contributed by atoms with van der Waals surface area (Å²) in [5.41, 5.74) is -5.07. The Bertz CT molecular complexity index is 1340. The lowest BCUT2D eigenvalue weighted by molar-refractivity contribution is -0.238. The van der Waals surface area contributed by atoms with Gasteiger partial charge in [0.25, 0.3) is 0 Å². The number of hydrogen-bond donors (Lipinski definition) is 1. The van der Waals surface area contributed by atoms with Crippen LogP contribution in [0.3, 0.4) is 0 Å². The Morgan fingerprint density at radius 1 is 0.667 bits per heavy atom. The Morgan fingerprint density at radius 3 is 1.52 bits per heavy atom. The van der Waals surface area contributed by atoms with Crippen molar-refractivity contribution >= 4 is 52.7 Å². The molecule has 18 heteroatoms. The minimum Gasteiger partial charge on any atom is -0.464 e. The van der Waals surface area contributed by atoms with E-state index in [1.807, 2.05) is 0 Å². The maximum atomic E-state index is 13.9. The van der Waals surface area contributed by atoms with Crippen LogP contribution < -0.4 is 4.13 Å². The molecule has 2 aliphatic rings. The summed E-state index contributed by atoms with van der Waals surface area (Å²) in [5, 5.41) is -10.8. The highest BCUT2D eigenvalue weighted by Crippen LogP contribution is 2.56. The normalized spacial score (nSPS) is 18.4. The maximum absolute atomic E-state index is 13.9. The second-order valence-corrected chi connectivity index (χ2v) is 15.4. The van der Waals surface area contributed by atoms with E-state index in [1.54, 1.807) is 4.90 Å². The number of piperazine rings is 1. The van der Waals surface area contributed by atoms with Gasteiger partial charge in [0.1, 0.15) is 6.04 Å². The van der Waals surface area contributed by atoms with Crippen molar-refractivity contribution in [1.29, 1.82) is 0 Å². The van der Waals surface area contributed by atoms with Gasteiger partial charge in [-0.1, -0.05) is 54.6 Å². The first-order valence-electron chi connectivity index (χ1n) is 14.2. The highest BCUT2D eigenvalue weighted by Gasteiger charge is 2.73. The molecule has 1 unspecified atom stereocenters. The monoisotopic (exact) mass is 762 g/mol. The number of carbonyl (C=O) groups excluding carboxylic acids is 1. The second-order valence-electron chi connectivity index (χ2n) is 10.1. The van der Waals surface area contributed by atoms with E-state index in [2.05, 4.69) is 91.0 Å². The molecule has 0 amide bonds. The van der Waals surface area contributed by atoms with Crippen molar-refractivity contribution in [1.82, 2.24) is 13.3 Å². The van der Waals surface area contributed by atoms with Crippen LogP contribution in [0.2, 0.25) is 0 Å². The number of benzene rings is 3. The molecule has 0 aromatic heterocycles. The lowest BCUT2D eigenvalue weighted by Gasteiger charge is -2.39. The summed E-state index contributed by atoms with van der Waals surface area (Å²) in [6, 6.07) is 31.6. The fraction of sp³-hybridized carbons (Fsp3) is 0.367. The van der Waals surface area contributed by atoms with E-state index in [0.29, 0.717) is 6.42 Å². The molecule has 3 aromatic rings. The fourth-order valence-electron chi connectivity index (χ4n) is 4.57. The van der Waals surface area contributed by atoms with E-state index in [9.17, 15) is 44.3 Å². The highest BCUT2D eigenvalue weighted by molar-refractivity contribution is 8.13. The maximum Gasteiger partial charge on any atom is 0.456 e. The van der Waals surface area contributed by atoms with Crippen molar-refractivity contribution in [3.63, 3.8) is 0 Å². The number of halogens is 9. The summed E-state index contributed by atoms with van der Waals surface area (Å²) in [6.07, 6.45) is 0.395. The van der Waals surface area contributed by atoms with E-state index in [4.69, 9.17) is 4.74 Å². The molecule has 48 heavy (non-hydrogen) atoms. The lowest BCUT2D eigenvalue weighted by atomic mass is 10.2. The molecule has 1 N–H and O–H groups in total. The van der Waals surface area contributed by atoms with Gasteiger partial charge < -0.3 is 4.74 Å². The number of cyclic esters (lactones) is 1. The predicted octanol–water partition coefficient (Wildman–Crippen LogP) is 8.58. The molecule has 0 bridgehead atoms. The van der Waals surface area contributed by atoms with Crippen LogP contribution in [0, 0.1) is 0 Å². The Labute approximate surface area is 287 Å². The summed E-state index contributed by atoms with van der Waals surface area (Å²) in [5.74, 6) is -6.44. The van der Waals surface area contributed by atoms with Gasteiger partial charge in [-0.05, 0) is 36.4 Å². The van der Waals surface area contributed by atoms with Crippen molar-refractivity contribution < 1.29 is 49.0 Å². The molecule has 2 heterocycles. The number of esters is 1. The van der Waals surface area contributed by atoms with Gasteiger partial charge in [-0.15, -0.1) is 0 Å². The number of alkyl halides is 9. The van der Waals surface area contributed by atoms with Gasteiger partial charge in [-0.2, -0.15) is 43.6 Å². The first-order valence-corrected chi connectivity index (χ1v) is 17.8. The molecular formula is C30H29F9N3O2S4+. The van der Waals surface area contributed by atoms with Crippen molar-refractivity contribution in [2.75, 3.05) is 32.8 Å². The molecule has 0 spiro atoms. The zero-order chi connectivity index (χ0) is 35.0. The van der Waals surface area contributed by atoms with Crippen LogP contribution in [-0.4, -0.2) is 75.9 Å². The summed E-state index contributed by atoms with van der Waals surface area (Å²) >= 11 is -3.52. The quantitative estimate of drug-likeness (QED) is 0.0903. The zero-order valence-corrected chi connectivity index (χ0v) is 28.0. The number of ether oxygens (including phenoxy) is 1. The standard InChI is InChI=1S/C18H15S.C12H14F9N3O2S3/c1-4-10-16(11-5-1)19(17-12-6-2-7-13-17)18-14-8-3-9-15-18;13-9(14,10(15,16)27-22-28-12(19,20)21)11(17,18)29-24-4-2-23(3-5-24)7-1-6-26-8(7)25/h1-15H;7,22H,1-6H2/q+1;. The Morgan fingerprint density at radius 2 is 1.12 bits per heavy atom. The molecule has 2 saturated heterocycles. The smallest absolute Gasteiger partial charge is 0.456 e. The van der Waals surface area contributed by atoms with Crippen molar-refractivity contribution in [2.24, 2.45) is 0 Å². The number of nitrogens with zero attached hydrogens (tertiary/aromatic N) is 2. The van der Waals surface area contributed by atoms with Gasteiger partial charge in [0, 0.05) is 68.4 Å². The molecule has 0 radical (unpaired) electrons. The molecule has 2 aliphatic heterocycles. The van der Waals surface area contributed by atoms with Gasteiger partial charge in [0.2, 0.25) is 0 Å². The topological polar surface area (TPSA) is 44.8 Å². The molecule has 2 fully saturated rings. The van der Waals surface area contributed by atoms with Crippen LogP contribution in [0.15, 0.2) is 106 Å². The molecular weight excluding hydrogens is 734 g/mol. The second kappa shape index (κ2) is 16.7. The fourth-order valence-corrected chi connectivity index (χ4v) is 8.88. The van der Waals surface area contributed by atoms with E-state index in [-0.39, 0.29) is 43.7 Å². The molecule has 3 aromatic carbocycles. The zero-order valence-electron chi connectivity index (χ0n) is 24.7. The number of hydrogen-bond acceptors (Lipinski definition) is 8. The first kappa shape index (κ1) is 38.6. The summed E-state index contributed by atoms with van der Waals surface area (Å²) in [7, 11) is -0.0146. The minimum absolute atomic E-state index is 0.0146. The minimum atomic E-state index is -5.96. The van der Waals surface area contributed by atoms with Crippen molar-refractivity contribution in [2.45, 2.75) is 49.1 Å². The van der Waals surface area contributed by atoms with Gasteiger partial charge in [0.15, 0.2) is 14.7 Å². The van der Waals surface area contributed by atoms with Crippen LogP contribution in [-0.2, 0) is 20.4 Å². The van der Waals surface area contributed by atoms with Gasteiger partial charge >= 0.3 is 27.9 Å². The third-order valence-corrected chi connectivity index (χ3v) is 11.6. The summed E-state index contributed by atoms with van der Waals surface area (Å²) in [4.78, 5) is 17.2. The molecule has 1 atom stereocenters.